The summed E-state index contributed by atoms with van der Waals surface area (Å²) in [6, 6.07) is 7.05. The molecule has 76 valence electrons. The highest BCUT2D eigenvalue weighted by molar-refractivity contribution is 6.20. The second-order valence-corrected chi connectivity index (χ2v) is 4.60. The zero-order valence-corrected chi connectivity index (χ0v) is 8.80. The average Bonchev–Trinajstić information content (AvgIpc) is 2.18. The fourth-order valence-corrected chi connectivity index (χ4v) is 2.59. The van der Waals surface area contributed by atoms with Crippen molar-refractivity contribution < 1.29 is 4.39 Å². The van der Waals surface area contributed by atoms with Crippen molar-refractivity contribution in [3.05, 3.63) is 35.6 Å². The van der Waals surface area contributed by atoms with Crippen molar-refractivity contribution in [2.24, 2.45) is 0 Å². The van der Waals surface area contributed by atoms with Crippen LogP contribution in [0.5, 0.6) is 0 Å². The Bertz CT molecular complexity index is 311. The van der Waals surface area contributed by atoms with Gasteiger partial charge in [-0.05, 0) is 36.8 Å². The van der Waals surface area contributed by atoms with Gasteiger partial charge in [0.25, 0.3) is 0 Å². The molecule has 0 bridgehead atoms. The van der Waals surface area contributed by atoms with Crippen molar-refractivity contribution in [2.75, 3.05) is 0 Å². The van der Waals surface area contributed by atoms with E-state index in [4.69, 9.17) is 11.6 Å². The maximum Gasteiger partial charge on any atom is 0.126 e. The van der Waals surface area contributed by atoms with E-state index in [2.05, 4.69) is 0 Å². The Kier molecular flexibility index (Phi) is 3.07. The predicted octanol–water partition coefficient (Wildman–Crippen LogP) is 4.09. The maximum atomic E-state index is 13.5. The van der Waals surface area contributed by atoms with Gasteiger partial charge in [0.05, 0.1) is 0 Å². The molecule has 1 aliphatic carbocycles. The topological polar surface area (TPSA) is 0 Å². The molecule has 1 fully saturated rings. The van der Waals surface area contributed by atoms with E-state index in [9.17, 15) is 4.39 Å². The van der Waals surface area contributed by atoms with Gasteiger partial charge < -0.3 is 0 Å². The van der Waals surface area contributed by atoms with Crippen LogP contribution in [0.25, 0.3) is 0 Å². The smallest absolute Gasteiger partial charge is 0.126 e. The zero-order chi connectivity index (χ0) is 9.97. The van der Waals surface area contributed by atoms with E-state index < -0.39 is 0 Å². The predicted molar refractivity (Wildman–Crippen MR) is 57.3 cm³/mol. The molecule has 0 aliphatic heterocycles. The summed E-state index contributed by atoms with van der Waals surface area (Å²) in [5.41, 5.74) is 0.845. The average molecular weight is 213 g/mol. The largest absolute Gasteiger partial charge is 0.207 e. The summed E-state index contributed by atoms with van der Waals surface area (Å²) in [5.74, 6) is 0.246. The number of hydrogen-bond donors (Lipinski definition) is 0. The van der Waals surface area contributed by atoms with E-state index in [1.165, 1.54) is 6.07 Å². The van der Waals surface area contributed by atoms with Crippen LogP contribution < -0.4 is 0 Å². The summed E-state index contributed by atoms with van der Waals surface area (Å²) >= 11 is 6.09. The van der Waals surface area contributed by atoms with Gasteiger partial charge in [0.2, 0.25) is 0 Å². The minimum absolute atomic E-state index is 0.0803. The highest BCUT2D eigenvalue weighted by Gasteiger charge is 2.23. The molecule has 1 saturated carbocycles. The number of rotatable bonds is 1. The lowest BCUT2D eigenvalue weighted by Crippen LogP contribution is -2.14. The van der Waals surface area contributed by atoms with Gasteiger partial charge in [-0.3, -0.25) is 0 Å². The first-order valence-electron chi connectivity index (χ1n) is 5.16. The molecule has 1 aromatic rings. The number of benzene rings is 1. The van der Waals surface area contributed by atoms with Crippen molar-refractivity contribution in [1.82, 2.24) is 0 Å². The molecule has 2 unspecified atom stereocenters. The monoisotopic (exact) mass is 212 g/mol. The first-order valence-corrected chi connectivity index (χ1v) is 5.59. The molecule has 0 radical (unpaired) electrons. The lowest BCUT2D eigenvalue weighted by molar-refractivity contribution is 0.435. The summed E-state index contributed by atoms with van der Waals surface area (Å²) in [4.78, 5) is 0. The van der Waals surface area contributed by atoms with Crippen LogP contribution >= 0.6 is 11.6 Å². The third-order valence-corrected chi connectivity index (χ3v) is 3.35. The van der Waals surface area contributed by atoms with Crippen molar-refractivity contribution in [1.29, 1.82) is 0 Å². The quantitative estimate of drug-likeness (QED) is 0.615. The molecule has 0 saturated heterocycles. The molecule has 2 heteroatoms. The van der Waals surface area contributed by atoms with Crippen LogP contribution in [-0.2, 0) is 0 Å². The Hall–Kier alpha value is -0.560. The fraction of sp³-hybridized carbons (Fsp3) is 0.500. The van der Waals surface area contributed by atoms with Crippen LogP contribution in [-0.4, -0.2) is 5.38 Å². The maximum absolute atomic E-state index is 13.5. The molecule has 2 rings (SSSR count). The van der Waals surface area contributed by atoms with Gasteiger partial charge >= 0.3 is 0 Å². The van der Waals surface area contributed by atoms with E-state index in [0.717, 1.165) is 31.2 Å². The van der Waals surface area contributed by atoms with Crippen LogP contribution in [0.2, 0.25) is 0 Å². The summed E-state index contributed by atoms with van der Waals surface area (Å²) < 4.78 is 13.5. The second-order valence-electron chi connectivity index (χ2n) is 3.98. The highest BCUT2D eigenvalue weighted by Crippen LogP contribution is 2.36. The molecule has 1 aromatic carbocycles. The number of hydrogen-bond acceptors (Lipinski definition) is 0. The van der Waals surface area contributed by atoms with Gasteiger partial charge in [-0.1, -0.05) is 24.6 Å². The normalized spacial score (nSPS) is 27.6. The van der Waals surface area contributed by atoms with Crippen molar-refractivity contribution >= 4 is 11.6 Å². The van der Waals surface area contributed by atoms with Crippen molar-refractivity contribution in [2.45, 2.75) is 37.0 Å². The summed E-state index contributed by atoms with van der Waals surface area (Å²) in [6.45, 7) is 0. The van der Waals surface area contributed by atoms with Gasteiger partial charge in [-0.25, -0.2) is 4.39 Å². The Balaban J connectivity index is 2.18. The molecule has 14 heavy (non-hydrogen) atoms. The third kappa shape index (κ3) is 2.09. The molecule has 0 spiro atoms. The lowest BCUT2D eigenvalue weighted by atomic mass is 9.83. The summed E-state index contributed by atoms with van der Waals surface area (Å²) in [7, 11) is 0. The minimum Gasteiger partial charge on any atom is -0.207 e. The van der Waals surface area contributed by atoms with Crippen LogP contribution in [0, 0.1) is 5.82 Å². The highest BCUT2D eigenvalue weighted by atomic mass is 35.5. The molecular weight excluding hydrogens is 199 g/mol. The summed E-state index contributed by atoms with van der Waals surface area (Å²) in [6.07, 6.45) is 4.19. The Morgan fingerprint density at radius 2 is 2.00 bits per heavy atom. The number of halogens is 2. The van der Waals surface area contributed by atoms with Crippen LogP contribution in [0.1, 0.15) is 37.2 Å². The van der Waals surface area contributed by atoms with Crippen LogP contribution in [0.15, 0.2) is 24.3 Å². The van der Waals surface area contributed by atoms with Gasteiger partial charge in [-0.15, -0.1) is 11.6 Å². The SMILES string of the molecule is Fc1ccccc1C1CCCC(Cl)C1. The Morgan fingerprint density at radius 1 is 1.21 bits per heavy atom. The molecule has 1 aliphatic rings. The lowest BCUT2D eigenvalue weighted by Gasteiger charge is -2.25. The Morgan fingerprint density at radius 3 is 2.71 bits per heavy atom. The van der Waals surface area contributed by atoms with E-state index in [0.29, 0.717) is 5.92 Å². The van der Waals surface area contributed by atoms with Gasteiger partial charge in [0, 0.05) is 5.38 Å². The van der Waals surface area contributed by atoms with E-state index in [-0.39, 0.29) is 11.2 Å². The van der Waals surface area contributed by atoms with E-state index >= 15 is 0 Å². The van der Waals surface area contributed by atoms with Gasteiger partial charge in [-0.2, -0.15) is 0 Å². The standard InChI is InChI=1S/C12H14ClF/c13-10-5-3-4-9(8-10)11-6-1-2-7-12(11)14/h1-2,6-7,9-10H,3-5,8H2. The number of alkyl halides is 1. The van der Waals surface area contributed by atoms with Crippen molar-refractivity contribution in [3.8, 4) is 0 Å². The summed E-state index contributed by atoms with van der Waals surface area (Å²) in [5, 5.41) is 0.230. The second kappa shape index (κ2) is 4.31. The molecule has 2 atom stereocenters. The molecule has 0 nitrogen and oxygen atoms in total. The minimum atomic E-state index is -0.0803. The van der Waals surface area contributed by atoms with Gasteiger partial charge in [0.1, 0.15) is 5.82 Å². The van der Waals surface area contributed by atoms with Crippen LogP contribution in [0.3, 0.4) is 0 Å². The molecule has 0 heterocycles. The molecule has 0 amide bonds. The van der Waals surface area contributed by atoms with Crippen LogP contribution in [0.4, 0.5) is 4.39 Å². The van der Waals surface area contributed by atoms with Gasteiger partial charge in [0.15, 0.2) is 0 Å². The zero-order valence-electron chi connectivity index (χ0n) is 8.05. The van der Waals surface area contributed by atoms with E-state index in [1.807, 2.05) is 12.1 Å². The Labute approximate surface area is 89.1 Å². The first-order chi connectivity index (χ1) is 6.77. The fourth-order valence-electron chi connectivity index (χ4n) is 2.22. The van der Waals surface area contributed by atoms with E-state index in [1.54, 1.807) is 6.07 Å². The van der Waals surface area contributed by atoms with Crippen molar-refractivity contribution in [3.63, 3.8) is 0 Å². The molecule has 0 N–H and O–H groups in total. The third-order valence-electron chi connectivity index (χ3n) is 2.96. The molecule has 0 aromatic heterocycles. The first kappa shape index (κ1) is 9.97. The molecular formula is C12H14ClF.